The zero-order valence-corrected chi connectivity index (χ0v) is 11.6. The molecule has 106 valence electrons. The maximum Gasteiger partial charge on any atom is 0.335 e. The number of hydrogen-bond acceptors (Lipinski definition) is 3. The van der Waals surface area contributed by atoms with Crippen molar-refractivity contribution in [2.75, 3.05) is 0 Å². The molecule has 3 rings (SSSR count). The van der Waals surface area contributed by atoms with Gasteiger partial charge in [0.1, 0.15) is 5.52 Å². The molecule has 1 aliphatic carbocycles. The monoisotopic (exact) mass is 273 g/mol. The first-order chi connectivity index (χ1) is 9.65. The van der Waals surface area contributed by atoms with Crippen LogP contribution in [0.5, 0.6) is 0 Å². The minimum atomic E-state index is -0.908. The van der Waals surface area contributed by atoms with Crippen molar-refractivity contribution in [2.24, 2.45) is 5.92 Å². The first-order valence-electron chi connectivity index (χ1n) is 7.23. The first-order valence-corrected chi connectivity index (χ1v) is 7.23. The third-order valence-electron chi connectivity index (χ3n) is 4.29. The molecule has 0 bridgehead atoms. The van der Waals surface area contributed by atoms with E-state index in [1.54, 1.807) is 18.2 Å². The molecule has 20 heavy (non-hydrogen) atoms. The van der Waals surface area contributed by atoms with Gasteiger partial charge in [0, 0.05) is 0 Å². The molecule has 0 spiro atoms. The van der Waals surface area contributed by atoms with Crippen LogP contribution in [0.2, 0.25) is 0 Å². The van der Waals surface area contributed by atoms with Gasteiger partial charge < -0.3 is 5.11 Å². The van der Waals surface area contributed by atoms with Crippen molar-refractivity contribution in [3.63, 3.8) is 0 Å². The maximum atomic E-state index is 11.1. The molecule has 5 nitrogen and oxygen atoms in total. The first kappa shape index (κ1) is 13.1. The Morgan fingerprint density at radius 1 is 1.30 bits per heavy atom. The van der Waals surface area contributed by atoms with E-state index in [0.29, 0.717) is 11.6 Å². The lowest BCUT2D eigenvalue weighted by Crippen LogP contribution is -2.10. The maximum absolute atomic E-state index is 11.1. The van der Waals surface area contributed by atoms with Crippen LogP contribution in [0.3, 0.4) is 0 Å². The fraction of sp³-hybridized carbons (Fsp3) is 0.533. The standard InChI is InChI=1S/C15H19N3O2/c1-10-3-2-4-12(7-5-10)18-14-9-11(15(19)20)6-8-13(14)16-17-18/h6,8-10,12H,2-5,7H2,1H3,(H,19,20). The second kappa shape index (κ2) is 5.23. The van der Waals surface area contributed by atoms with E-state index in [1.807, 2.05) is 4.68 Å². The topological polar surface area (TPSA) is 68.0 Å². The number of carboxylic acids is 1. The van der Waals surface area contributed by atoms with Gasteiger partial charge in [0.25, 0.3) is 0 Å². The Bertz CT molecular complexity index is 635. The van der Waals surface area contributed by atoms with Gasteiger partial charge in [-0.3, -0.25) is 0 Å². The lowest BCUT2D eigenvalue weighted by molar-refractivity contribution is 0.0697. The Morgan fingerprint density at radius 2 is 2.15 bits per heavy atom. The number of benzene rings is 1. The number of carboxylic acid groups (broad SMARTS) is 1. The predicted molar refractivity (Wildman–Crippen MR) is 75.8 cm³/mol. The van der Waals surface area contributed by atoms with Gasteiger partial charge in [-0.25, -0.2) is 9.48 Å². The molecular formula is C15H19N3O2. The molecule has 2 unspecified atom stereocenters. The largest absolute Gasteiger partial charge is 0.478 e. The zero-order chi connectivity index (χ0) is 14.1. The average Bonchev–Trinajstić information content (AvgIpc) is 2.73. The summed E-state index contributed by atoms with van der Waals surface area (Å²) in [7, 11) is 0. The van der Waals surface area contributed by atoms with Gasteiger partial charge in [0.05, 0.1) is 17.1 Å². The van der Waals surface area contributed by atoms with E-state index in [4.69, 9.17) is 5.11 Å². The fourth-order valence-electron chi connectivity index (χ4n) is 3.05. The third-order valence-corrected chi connectivity index (χ3v) is 4.29. The van der Waals surface area contributed by atoms with Gasteiger partial charge in [-0.2, -0.15) is 0 Å². The lowest BCUT2D eigenvalue weighted by atomic mass is 10.0. The molecule has 1 aromatic heterocycles. The highest BCUT2D eigenvalue weighted by Gasteiger charge is 2.20. The summed E-state index contributed by atoms with van der Waals surface area (Å²) in [6.07, 6.45) is 5.86. The van der Waals surface area contributed by atoms with Gasteiger partial charge in [0.15, 0.2) is 0 Å². The Balaban J connectivity index is 1.98. The average molecular weight is 273 g/mol. The Labute approximate surface area is 117 Å². The Kier molecular flexibility index (Phi) is 3.42. The van der Waals surface area contributed by atoms with Crippen molar-refractivity contribution in [1.82, 2.24) is 15.0 Å². The molecule has 2 atom stereocenters. The smallest absolute Gasteiger partial charge is 0.335 e. The molecule has 0 aliphatic heterocycles. The van der Waals surface area contributed by atoms with Crippen molar-refractivity contribution in [1.29, 1.82) is 0 Å². The van der Waals surface area contributed by atoms with E-state index in [-0.39, 0.29) is 0 Å². The van der Waals surface area contributed by atoms with Crippen molar-refractivity contribution >= 4 is 17.0 Å². The molecule has 1 heterocycles. The molecular weight excluding hydrogens is 254 g/mol. The number of aromatic carboxylic acids is 1. The molecule has 1 saturated carbocycles. The summed E-state index contributed by atoms with van der Waals surface area (Å²) >= 11 is 0. The molecule has 1 aliphatic rings. The number of nitrogens with zero attached hydrogens (tertiary/aromatic N) is 3. The quantitative estimate of drug-likeness (QED) is 0.853. The van der Waals surface area contributed by atoms with E-state index in [9.17, 15) is 4.79 Å². The van der Waals surface area contributed by atoms with Crippen LogP contribution >= 0.6 is 0 Å². The Morgan fingerprint density at radius 3 is 2.95 bits per heavy atom. The SMILES string of the molecule is CC1CCCC(n2nnc3ccc(C(=O)O)cc32)CC1. The number of hydrogen-bond donors (Lipinski definition) is 1. The molecule has 5 heteroatoms. The lowest BCUT2D eigenvalue weighted by Gasteiger charge is -2.15. The fourth-order valence-corrected chi connectivity index (χ4v) is 3.05. The van der Waals surface area contributed by atoms with Crippen LogP contribution in [-0.4, -0.2) is 26.1 Å². The van der Waals surface area contributed by atoms with Gasteiger partial charge in [-0.1, -0.05) is 25.0 Å². The van der Waals surface area contributed by atoms with Crippen LogP contribution in [0, 0.1) is 5.92 Å². The van der Waals surface area contributed by atoms with Crippen molar-refractivity contribution < 1.29 is 9.90 Å². The molecule has 0 saturated heterocycles. The van der Waals surface area contributed by atoms with Gasteiger partial charge >= 0.3 is 5.97 Å². The highest BCUT2D eigenvalue weighted by Crippen LogP contribution is 2.31. The van der Waals surface area contributed by atoms with Crippen LogP contribution in [0.15, 0.2) is 18.2 Å². The van der Waals surface area contributed by atoms with E-state index in [0.717, 1.165) is 29.8 Å². The summed E-state index contributed by atoms with van der Waals surface area (Å²) < 4.78 is 1.93. The van der Waals surface area contributed by atoms with Gasteiger partial charge in [-0.15, -0.1) is 5.10 Å². The third kappa shape index (κ3) is 2.40. The number of aromatic nitrogens is 3. The summed E-state index contributed by atoms with van der Waals surface area (Å²) in [5.74, 6) is -0.140. The van der Waals surface area contributed by atoms with Gasteiger partial charge in [0.2, 0.25) is 0 Å². The number of carbonyl (C=O) groups is 1. The van der Waals surface area contributed by atoms with E-state index in [2.05, 4.69) is 17.2 Å². The minimum Gasteiger partial charge on any atom is -0.478 e. The molecule has 1 aromatic carbocycles. The molecule has 2 aromatic rings. The summed E-state index contributed by atoms with van der Waals surface area (Å²) in [5.41, 5.74) is 1.90. The van der Waals surface area contributed by atoms with Crippen LogP contribution in [0.1, 0.15) is 55.4 Å². The van der Waals surface area contributed by atoms with Crippen LogP contribution in [-0.2, 0) is 0 Å². The van der Waals surface area contributed by atoms with Crippen molar-refractivity contribution in [3.05, 3.63) is 23.8 Å². The van der Waals surface area contributed by atoms with Crippen molar-refractivity contribution in [3.8, 4) is 0 Å². The van der Waals surface area contributed by atoms with Crippen molar-refractivity contribution in [2.45, 2.75) is 45.1 Å². The molecule has 0 radical (unpaired) electrons. The van der Waals surface area contributed by atoms with Gasteiger partial charge in [-0.05, 0) is 43.4 Å². The molecule has 1 N–H and O–H groups in total. The second-order valence-electron chi connectivity index (χ2n) is 5.81. The number of rotatable bonds is 2. The number of fused-ring (bicyclic) bond motifs is 1. The second-order valence-corrected chi connectivity index (χ2v) is 5.81. The predicted octanol–water partition coefficient (Wildman–Crippen LogP) is 3.27. The van der Waals surface area contributed by atoms with Crippen LogP contribution in [0.4, 0.5) is 0 Å². The Hall–Kier alpha value is -1.91. The summed E-state index contributed by atoms with van der Waals surface area (Å²) in [5, 5.41) is 17.5. The summed E-state index contributed by atoms with van der Waals surface area (Å²) in [6.45, 7) is 2.30. The highest BCUT2D eigenvalue weighted by molar-refractivity contribution is 5.92. The van der Waals surface area contributed by atoms with E-state index in [1.165, 1.54) is 19.3 Å². The van der Waals surface area contributed by atoms with E-state index >= 15 is 0 Å². The van der Waals surface area contributed by atoms with Crippen LogP contribution in [0.25, 0.3) is 11.0 Å². The van der Waals surface area contributed by atoms with E-state index < -0.39 is 5.97 Å². The zero-order valence-electron chi connectivity index (χ0n) is 11.6. The molecule has 1 fully saturated rings. The molecule has 0 amide bonds. The highest BCUT2D eigenvalue weighted by atomic mass is 16.4. The normalized spacial score (nSPS) is 23.6. The summed E-state index contributed by atoms with van der Waals surface area (Å²) in [6, 6.07) is 5.35. The van der Waals surface area contributed by atoms with Crippen LogP contribution < -0.4 is 0 Å². The summed E-state index contributed by atoms with van der Waals surface area (Å²) in [4.78, 5) is 11.1. The minimum absolute atomic E-state index is 0.294.